The smallest absolute Gasteiger partial charge is 0.123 e. The van der Waals surface area contributed by atoms with Crippen LogP contribution in [0.25, 0.3) is 0 Å². The monoisotopic (exact) mass is 194 g/mol. The average molecular weight is 194 g/mol. The van der Waals surface area contributed by atoms with Gasteiger partial charge in [-0.15, -0.1) is 11.8 Å². The number of nitrogen functional groups attached to an aromatic ring is 1. The Morgan fingerprint density at radius 3 is 2.92 bits per heavy atom. The lowest BCUT2D eigenvalue weighted by atomic mass is 10.3. The molecule has 1 aromatic heterocycles. The van der Waals surface area contributed by atoms with E-state index in [1.165, 1.54) is 5.57 Å². The first-order chi connectivity index (χ1) is 6.22. The van der Waals surface area contributed by atoms with Gasteiger partial charge in [-0.2, -0.15) is 0 Å². The second kappa shape index (κ2) is 4.92. The van der Waals surface area contributed by atoms with Crippen LogP contribution in [0.15, 0.2) is 35.4 Å². The highest BCUT2D eigenvalue weighted by atomic mass is 32.2. The summed E-state index contributed by atoms with van der Waals surface area (Å²) in [5.41, 5.74) is 6.72. The maximum absolute atomic E-state index is 5.47. The number of pyridine rings is 1. The van der Waals surface area contributed by atoms with E-state index in [1.807, 2.05) is 12.1 Å². The van der Waals surface area contributed by atoms with Gasteiger partial charge in [0.15, 0.2) is 0 Å². The van der Waals surface area contributed by atoms with Gasteiger partial charge in [-0.3, -0.25) is 0 Å². The third kappa shape index (κ3) is 3.51. The summed E-state index contributed by atoms with van der Waals surface area (Å²) in [5.74, 6) is 1.53. The van der Waals surface area contributed by atoms with Crippen LogP contribution >= 0.6 is 11.8 Å². The van der Waals surface area contributed by atoms with Gasteiger partial charge in [-0.25, -0.2) is 4.98 Å². The number of anilines is 1. The first kappa shape index (κ1) is 10.1. The normalized spacial score (nSPS) is 9.92. The second-order valence-corrected chi connectivity index (χ2v) is 3.86. The minimum absolute atomic E-state index is 0.568. The minimum atomic E-state index is 0.568. The topological polar surface area (TPSA) is 38.9 Å². The van der Waals surface area contributed by atoms with Gasteiger partial charge in [0, 0.05) is 16.8 Å². The Hall–Kier alpha value is -0.960. The average Bonchev–Trinajstić information content (AvgIpc) is 2.16. The Bertz CT molecular complexity index is 279. The van der Waals surface area contributed by atoms with Crippen molar-refractivity contribution in [3.63, 3.8) is 0 Å². The molecule has 2 N–H and O–H groups in total. The van der Waals surface area contributed by atoms with E-state index in [0.29, 0.717) is 5.82 Å². The predicted octanol–water partition coefficient (Wildman–Crippen LogP) is 2.72. The van der Waals surface area contributed by atoms with E-state index in [1.54, 1.807) is 18.0 Å². The molecule has 1 rings (SSSR count). The molecular weight excluding hydrogens is 180 g/mol. The summed E-state index contributed by atoms with van der Waals surface area (Å²) in [6.45, 7) is 6.06. The zero-order valence-electron chi connectivity index (χ0n) is 7.79. The molecule has 0 aliphatic heterocycles. The first-order valence-corrected chi connectivity index (χ1v) is 5.22. The van der Waals surface area contributed by atoms with E-state index < -0.39 is 0 Å². The summed E-state index contributed by atoms with van der Waals surface area (Å²) in [6.07, 6.45) is 2.83. The van der Waals surface area contributed by atoms with E-state index in [-0.39, 0.29) is 0 Å². The Labute approximate surface area is 83.2 Å². The molecule has 1 heterocycles. The Kier molecular flexibility index (Phi) is 3.83. The number of thioether (sulfide) groups is 1. The fourth-order valence-corrected chi connectivity index (χ4v) is 1.63. The number of aromatic nitrogens is 1. The van der Waals surface area contributed by atoms with Crippen molar-refractivity contribution < 1.29 is 0 Å². The van der Waals surface area contributed by atoms with E-state index in [4.69, 9.17) is 5.73 Å². The molecule has 0 bridgehead atoms. The van der Waals surface area contributed by atoms with Gasteiger partial charge in [0.25, 0.3) is 0 Å². The zero-order chi connectivity index (χ0) is 9.68. The van der Waals surface area contributed by atoms with E-state index >= 15 is 0 Å². The molecule has 0 atom stereocenters. The highest BCUT2D eigenvalue weighted by Gasteiger charge is 1.95. The molecule has 0 radical (unpaired) electrons. The molecule has 3 heteroatoms. The third-order valence-electron chi connectivity index (χ3n) is 1.70. The summed E-state index contributed by atoms with van der Waals surface area (Å²) in [4.78, 5) is 5.15. The van der Waals surface area contributed by atoms with Crippen molar-refractivity contribution in [3.05, 3.63) is 30.5 Å². The van der Waals surface area contributed by atoms with E-state index in [2.05, 4.69) is 18.5 Å². The van der Waals surface area contributed by atoms with Crippen LogP contribution in [-0.4, -0.2) is 10.7 Å². The van der Waals surface area contributed by atoms with Crippen LogP contribution in [-0.2, 0) is 0 Å². The SMILES string of the molecule is C=C(CC)CSc1ccc(N)nc1. The summed E-state index contributed by atoms with van der Waals surface area (Å²) >= 11 is 1.74. The lowest BCUT2D eigenvalue weighted by Crippen LogP contribution is -1.89. The lowest BCUT2D eigenvalue weighted by Gasteiger charge is -2.02. The van der Waals surface area contributed by atoms with E-state index in [0.717, 1.165) is 17.1 Å². The molecule has 1 aromatic rings. The minimum Gasteiger partial charge on any atom is -0.384 e. The quantitative estimate of drug-likeness (QED) is 0.591. The van der Waals surface area contributed by atoms with Gasteiger partial charge >= 0.3 is 0 Å². The maximum atomic E-state index is 5.47. The van der Waals surface area contributed by atoms with Crippen LogP contribution in [0.3, 0.4) is 0 Å². The van der Waals surface area contributed by atoms with Gasteiger partial charge in [-0.1, -0.05) is 19.1 Å². The van der Waals surface area contributed by atoms with Crippen molar-refractivity contribution in [3.8, 4) is 0 Å². The number of hydrogen-bond donors (Lipinski definition) is 1. The first-order valence-electron chi connectivity index (χ1n) is 4.23. The highest BCUT2D eigenvalue weighted by Crippen LogP contribution is 2.20. The molecule has 0 saturated heterocycles. The van der Waals surface area contributed by atoms with Crippen molar-refractivity contribution in [2.45, 2.75) is 18.2 Å². The van der Waals surface area contributed by atoms with Crippen molar-refractivity contribution in [2.75, 3.05) is 11.5 Å². The fraction of sp³-hybridized carbons (Fsp3) is 0.300. The van der Waals surface area contributed by atoms with Gasteiger partial charge in [-0.05, 0) is 18.6 Å². The Balaban J connectivity index is 2.46. The summed E-state index contributed by atoms with van der Waals surface area (Å²) in [6, 6.07) is 3.80. The molecule has 0 spiro atoms. The summed E-state index contributed by atoms with van der Waals surface area (Å²) < 4.78 is 0. The standard InChI is InChI=1S/C10H14N2S/c1-3-8(2)7-13-9-4-5-10(11)12-6-9/h4-6H,2-3,7H2,1H3,(H2,11,12). The summed E-state index contributed by atoms with van der Waals surface area (Å²) in [7, 11) is 0. The predicted molar refractivity (Wildman–Crippen MR) is 58.8 cm³/mol. The third-order valence-corrected chi connectivity index (χ3v) is 2.83. The largest absolute Gasteiger partial charge is 0.384 e. The fourth-order valence-electron chi connectivity index (χ4n) is 0.765. The van der Waals surface area contributed by atoms with Crippen molar-refractivity contribution in [1.29, 1.82) is 0 Å². The van der Waals surface area contributed by atoms with Gasteiger partial charge in [0.05, 0.1) is 0 Å². The molecule has 0 fully saturated rings. The molecule has 2 nitrogen and oxygen atoms in total. The van der Waals surface area contributed by atoms with Gasteiger partial charge in [0.2, 0.25) is 0 Å². The molecule has 70 valence electrons. The van der Waals surface area contributed by atoms with Crippen LogP contribution in [0.1, 0.15) is 13.3 Å². The molecule has 0 aliphatic rings. The number of nitrogens with two attached hydrogens (primary N) is 1. The van der Waals surface area contributed by atoms with Crippen LogP contribution < -0.4 is 5.73 Å². The van der Waals surface area contributed by atoms with Crippen molar-refractivity contribution in [1.82, 2.24) is 4.98 Å². The van der Waals surface area contributed by atoms with E-state index in [9.17, 15) is 0 Å². The molecule has 13 heavy (non-hydrogen) atoms. The van der Waals surface area contributed by atoms with Crippen LogP contribution in [0.2, 0.25) is 0 Å². The van der Waals surface area contributed by atoms with Crippen LogP contribution in [0.5, 0.6) is 0 Å². The molecular formula is C10H14N2S. The second-order valence-electron chi connectivity index (χ2n) is 2.81. The molecule has 0 saturated carbocycles. The zero-order valence-corrected chi connectivity index (χ0v) is 8.60. The van der Waals surface area contributed by atoms with Crippen molar-refractivity contribution in [2.24, 2.45) is 0 Å². The molecule has 0 aromatic carbocycles. The molecule has 0 amide bonds. The number of hydrogen-bond acceptors (Lipinski definition) is 3. The van der Waals surface area contributed by atoms with Crippen LogP contribution in [0, 0.1) is 0 Å². The maximum Gasteiger partial charge on any atom is 0.123 e. The Morgan fingerprint density at radius 1 is 1.62 bits per heavy atom. The summed E-state index contributed by atoms with van der Waals surface area (Å²) in [5, 5.41) is 0. The molecule has 0 aliphatic carbocycles. The van der Waals surface area contributed by atoms with Gasteiger partial charge < -0.3 is 5.73 Å². The lowest BCUT2D eigenvalue weighted by molar-refractivity contribution is 1.11. The number of rotatable bonds is 4. The Morgan fingerprint density at radius 2 is 2.38 bits per heavy atom. The highest BCUT2D eigenvalue weighted by molar-refractivity contribution is 7.99. The van der Waals surface area contributed by atoms with Gasteiger partial charge in [0.1, 0.15) is 5.82 Å². The molecule has 0 unspecified atom stereocenters. The number of nitrogens with zero attached hydrogens (tertiary/aromatic N) is 1. The van der Waals surface area contributed by atoms with Crippen LogP contribution in [0.4, 0.5) is 5.82 Å². The van der Waals surface area contributed by atoms with Crippen molar-refractivity contribution >= 4 is 17.6 Å².